The summed E-state index contributed by atoms with van der Waals surface area (Å²) in [7, 11) is 1.66. The molecule has 2 N–H and O–H groups in total. The molecule has 2 aromatic heterocycles. The lowest BCUT2D eigenvalue weighted by molar-refractivity contribution is 0.102. The van der Waals surface area contributed by atoms with E-state index in [4.69, 9.17) is 11.6 Å². The Bertz CT molecular complexity index is 942. The summed E-state index contributed by atoms with van der Waals surface area (Å²) in [5.74, 6) is -0.350. The maximum absolute atomic E-state index is 12.3. The minimum Gasteiger partial charge on any atom is -0.322 e. The van der Waals surface area contributed by atoms with E-state index in [2.05, 4.69) is 15.3 Å². The van der Waals surface area contributed by atoms with Crippen molar-refractivity contribution in [1.29, 1.82) is 0 Å². The van der Waals surface area contributed by atoms with E-state index in [9.17, 15) is 9.59 Å². The van der Waals surface area contributed by atoms with Crippen molar-refractivity contribution in [3.8, 4) is 0 Å². The van der Waals surface area contributed by atoms with Crippen LogP contribution in [0.3, 0.4) is 0 Å². The fraction of sp³-hybridized carbons (Fsp3) is 0.133. The first-order valence-electron chi connectivity index (χ1n) is 6.58. The minimum atomic E-state index is -0.350. The summed E-state index contributed by atoms with van der Waals surface area (Å²) < 4.78 is 1.48. The highest BCUT2D eigenvalue weighted by molar-refractivity contribution is 6.34. The molecule has 0 fully saturated rings. The first-order valence-corrected chi connectivity index (χ1v) is 6.96. The van der Waals surface area contributed by atoms with Crippen LogP contribution < -0.4 is 11.0 Å². The molecule has 0 radical (unpaired) electrons. The number of nitrogens with one attached hydrogen (secondary N) is 2. The summed E-state index contributed by atoms with van der Waals surface area (Å²) in [6.45, 7) is 1.80. The predicted octanol–water partition coefficient (Wildman–Crippen LogP) is 2.48. The lowest BCUT2D eigenvalue weighted by atomic mass is 10.2. The number of carbonyl (C=O) groups excluding carboxylic acids is 1. The molecule has 7 heteroatoms. The van der Waals surface area contributed by atoms with E-state index in [1.807, 2.05) is 0 Å². The maximum atomic E-state index is 12.3. The van der Waals surface area contributed by atoms with Crippen molar-refractivity contribution < 1.29 is 4.79 Å². The van der Waals surface area contributed by atoms with Gasteiger partial charge in [0.25, 0.3) is 5.91 Å². The number of carbonyl (C=O) groups is 1. The molecule has 1 aromatic carbocycles. The number of hydrogen-bond acceptors (Lipinski definition) is 3. The molecule has 0 spiro atoms. The number of pyridine rings is 1. The van der Waals surface area contributed by atoms with Gasteiger partial charge in [-0.25, -0.2) is 4.79 Å². The number of hydrogen-bond donors (Lipinski definition) is 2. The van der Waals surface area contributed by atoms with Crippen molar-refractivity contribution in [2.24, 2.45) is 7.05 Å². The molecule has 0 atom stereocenters. The molecule has 6 nitrogen and oxygen atoms in total. The molecule has 112 valence electrons. The fourth-order valence-electron chi connectivity index (χ4n) is 2.19. The largest absolute Gasteiger partial charge is 0.326 e. The molecule has 2 heterocycles. The minimum absolute atomic E-state index is 0.204. The molecular formula is C15H13ClN4O2. The van der Waals surface area contributed by atoms with Gasteiger partial charge in [0.05, 0.1) is 21.6 Å². The molecule has 0 bridgehead atoms. The van der Waals surface area contributed by atoms with Crippen LogP contribution in [-0.2, 0) is 7.05 Å². The van der Waals surface area contributed by atoms with Crippen molar-refractivity contribution in [2.75, 3.05) is 5.32 Å². The molecule has 3 rings (SSSR count). The monoisotopic (exact) mass is 316 g/mol. The quantitative estimate of drug-likeness (QED) is 0.762. The van der Waals surface area contributed by atoms with Crippen LogP contribution in [0.1, 0.15) is 16.1 Å². The molecule has 0 saturated carbocycles. The van der Waals surface area contributed by atoms with Gasteiger partial charge in [0.15, 0.2) is 0 Å². The van der Waals surface area contributed by atoms with Gasteiger partial charge in [-0.1, -0.05) is 11.6 Å². The first-order chi connectivity index (χ1) is 10.5. The van der Waals surface area contributed by atoms with E-state index >= 15 is 0 Å². The van der Waals surface area contributed by atoms with Crippen LogP contribution in [0, 0.1) is 6.92 Å². The second-order valence-corrected chi connectivity index (χ2v) is 5.39. The number of amides is 1. The third kappa shape index (κ3) is 2.48. The highest BCUT2D eigenvalue weighted by atomic mass is 35.5. The standard InChI is InChI=1S/C15H13ClN4O2/c1-8-5-11(16)10(7-17-8)14(21)18-9-3-4-12-13(6-9)20(2)15(22)19-12/h3-7H,1-2H3,(H,18,21)(H,19,22). The molecule has 22 heavy (non-hydrogen) atoms. The molecule has 0 unspecified atom stereocenters. The second kappa shape index (κ2) is 5.31. The fourth-order valence-corrected chi connectivity index (χ4v) is 2.49. The normalized spacial score (nSPS) is 10.9. The Morgan fingerprint density at radius 3 is 2.86 bits per heavy atom. The maximum Gasteiger partial charge on any atom is 0.326 e. The molecule has 0 aliphatic rings. The zero-order chi connectivity index (χ0) is 15.9. The van der Waals surface area contributed by atoms with Gasteiger partial charge in [0.1, 0.15) is 0 Å². The predicted molar refractivity (Wildman–Crippen MR) is 85.5 cm³/mol. The number of aromatic nitrogens is 3. The lowest BCUT2D eigenvalue weighted by Gasteiger charge is -2.07. The molecule has 0 aliphatic carbocycles. The van der Waals surface area contributed by atoms with Crippen molar-refractivity contribution >= 4 is 34.2 Å². The van der Waals surface area contributed by atoms with Crippen molar-refractivity contribution in [1.82, 2.24) is 14.5 Å². The number of fused-ring (bicyclic) bond motifs is 1. The van der Waals surface area contributed by atoms with Gasteiger partial charge in [-0.15, -0.1) is 0 Å². The van der Waals surface area contributed by atoms with E-state index in [0.717, 1.165) is 5.69 Å². The SMILES string of the molecule is Cc1cc(Cl)c(C(=O)Nc2ccc3[nH]c(=O)n(C)c3c2)cn1. The zero-order valence-corrected chi connectivity index (χ0v) is 12.7. The topological polar surface area (TPSA) is 79.8 Å². The molecular weight excluding hydrogens is 304 g/mol. The Hall–Kier alpha value is -2.60. The van der Waals surface area contributed by atoms with E-state index in [1.165, 1.54) is 10.8 Å². The van der Waals surface area contributed by atoms with Gasteiger partial charge >= 0.3 is 5.69 Å². The van der Waals surface area contributed by atoms with Gasteiger partial charge < -0.3 is 10.3 Å². The third-order valence-corrected chi connectivity index (χ3v) is 3.71. The number of nitrogens with zero attached hydrogens (tertiary/aromatic N) is 2. The number of H-pyrrole nitrogens is 1. The summed E-state index contributed by atoms with van der Waals surface area (Å²) in [6.07, 6.45) is 1.44. The van der Waals surface area contributed by atoms with Gasteiger partial charge in [0, 0.05) is 24.6 Å². The van der Waals surface area contributed by atoms with Gasteiger partial charge in [-0.3, -0.25) is 14.3 Å². The number of halogens is 1. The summed E-state index contributed by atoms with van der Waals surface area (Å²) in [4.78, 5) is 30.6. The number of anilines is 1. The van der Waals surface area contributed by atoms with Crippen LogP contribution >= 0.6 is 11.6 Å². The smallest absolute Gasteiger partial charge is 0.322 e. The van der Waals surface area contributed by atoms with Crippen molar-refractivity contribution in [3.05, 3.63) is 57.2 Å². The number of rotatable bonds is 2. The van der Waals surface area contributed by atoms with Gasteiger partial charge in [0.2, 0.25) is 0 Å². The molecule has 3 aromatic rings. The van der Waals surface area contributed by atoms with Crippen LogP contribution in [0.2, 0.25) is 5.02 Å². The molecule has 1 amide bonds. The summed E-state index contributed by atoms with van der Waals surface area (Å²) in [6, 6.07) is 6.81. The lowest BCUT2D eigenvalue weighted by Crippen LogP contribution is -2.13. The van der Waals surface area contributed by atoms with E-state index < -0.39 is 0 Å². The number of aromatic amines is 1. The van der Waals surface area contributed by atoms with Gasteiger partial charge in [-0.2, -0.15) is 0 Å². The highest BCUT2D eigenvalue weighted by Crippen LogP contribution is 2.20. The zero-order valence-electron chi connectivity index (χ0n) is 12.0. The Morgan fingerprint density at radius 2 is 2.14 bits per heavy atom. The third-order valence-electron chi connectivity index (χ3n) is 3.40. The van der Waals surface area contributed by atoms with E-state index in [1.54, 1.807) is 38.2 Å². The van der Waals surface area contributed by atoms with Crippen molar-refractivity contribution in [3.63, 3.8) is 0 Å². The van der Waals surface area contributed by atoms with Gasteiger partial charge in [-0.05, 0) is 31.2 Å². The van der Waals surface area contributed by atoms with Crippen molar-refractivity contribution in [2.45, 2.75) is 6.92 Å². The Kier molecular flexibility index (Phi) is 3.46. The van der Waals surface area contributed by atoms with Crippen LogP contribution in [0.15, 0.2) is 35.3 Å². The van der Waals surface area contributed by atoms with Crippen LogP contribution in [0.4, 0.5) is 5.69 Å². The summed E-state index contributed by atoms with van der Waals surface area (Å²) >= 11 is 6.06. The average Bonchev–Trinajstić information content (AvgIpc) is 2.74. The van der Waals surface area contributed by atoms with E-state index in [-0.39, 0.29) is 11.6 Å². The molecule has 0 aliphatic heterocycles. The first kappa shape index (κ1) is 14.3. The Balaban J connectivity index is 1.93. The Labute approximate surface area is 130 Å². The summed E-state index contributed by atoms with van der Waals surface area (Å²) in [5, 5.41) is 3.10. The number of benzene rings is 1. The highest BCUT2D eigenvalue weighted by Gasteiger charge is 2.12. The molecule has 0 saturated heterocycles. The number of imidazole rings is 1. The average molecular weight is 317 g/mol. The van der Waals surface area contributed by atoms with E-state index in [0.29, 0.717) is 27.3 Å². The number of aryl methyl sites for hydroxylation is 2. The summed E-state index contributed by atoms with van der Waals surface area (Å²) in [5.41, 5.74) is 2.82. The second-order valence-electron chi connectivity index (χ2n) is 4.98. The van der Waals surface area contributed by atoms with Crippen LogP contribution in [0.5, 0.6) is 0 Å². The van der Waals surface area contributed by atoms with Crippen LogP contribution in [-0.4, -0.2) is 20.4 Å². The Morgan fingerprint density at radius 1 is 1.36 bits per heavy atom. The van der Waals surface area contributed by atoms with Crippen LogP contribution in [0.25, 0.3) is 11.0 Å².